The molecule has 0 N–H and O–H groups in total. The van der Waals surface area contributed by atoms with Crippen molar-refractivity contribution in [3.63, 3.8) is 0 Å². The van der Waals surface area contributed by atoms with Crippen molar-refractivity contribution in [2.24, 2.45) is 0 Å². The molecule has 8 aromatic carbocycles. The molecular formula is C51H36BN3S2. The Labute approximate surface area is 342 Å². The molecule has 4 aliphatic heterocycles. The molecule has 8 aromatic rings. The molecule has 0 unspecified atom stereocenters. The molecule has 270 valence electrons. The molecule has 0 aliphatic carbocycles. The summed E-state index contributed by atoms with van der Waals surface area (Å²) in [5, 5.41) is 0. The van der Waals surface area contributed by atoms with Crippen molar-refractivity contribution in [2.75, 3.05) is 14.6 Å². The van der Waals surface area contributed by atoms with Crippen LogP contribution in [0.4, 0.5) is 45.5 Å². The first-order chi connectivity index (χ1) is 28.0. The highest BCUT2D eigenvalue weighted by molar-refractivity contribution is 8.00. The van der Waals surface area contributed by atoms with Crippen molar-refractivity contribution in [1.29, 1.82) is 0 Å². The number of benzene rings is 8. The molecule has 0 aromatic heterocycles. The summed E-state index contributed by atoms with van der Waals surface area (Å²) in [7, 11) is 0. The Morgan fingerprint density at radius 1 is 0.474 bits per heavy atom. The van der Waals surface area contributed by atoms with E-state index in [0.29, 0.717) is 0 Å². The fraction of sp³-hybridized carbons (Fsp3) is 0.0588. The van der Waals surface area contributed by atoms with Crippen LogP contribution < -0.4 is 25.5 Å². The lowest BCUT2D eigenvalue weighted by Gasteiger charge is -2.48. The highest BCUT2D eigenvalue weighted by Gasteiger charge is 2.48. The Balaban J connectivity index is 1.22. The molecule has 57 heavy (non-hydrogen) atoms. The van der Waals surface area contributed by atoms with Crippen LogP contribution in [0.25, 0.3) is 11.1 Å². The average molecular weight is 766 g/mol. The Bertz CT molecular complexity index is 2880. The Morgan fingerprint density at radius 3 is 1.86 bits per heavy atom. The smallest absolute Gasteiger partial charge is 0.333 e. The zero-order valence-electron chi connectivity index (χ0n) is 31.6. The van der Waals surface area contributed by atoms with Crippen LogP contribution in [0.3, 0.4) is 0 Å². The van der Waals surface area contributed by atoms with Gasteiger partial charge in [0.2, 0.25) is 0 Å². The summed E-state index contributed by atoms with van der Waals surface area (Å²) in [6.45, 7) is 4.74. The van der Waals surface area contributed by atoms with Crippen molar-refractivity contribution in [1.82, 2.24) is 0 Å². The van der Waals surface area contributed by atoms with Crippen molar-refractivity contribution < 1.29 is 0 Å². The lowest BCUT2D eigenvalue weighted by molar-refractivity contribution is 0.607. The molecule has 12 rings (SSSR count). The van der Waals surface area contributed by atoms with E-state index in [4.69, 9.17) is 0 Å². The Kier molecular flexibility index (Phi) is 7.24. The topological polar surface area (TPSA) is 9.72 Å². The normalized spacial score (nSPS) is 14.7. The van der Waals surface area contributed by atoms with Gasteiger partial charge in [-0.1, -0.05) is 134 Å². The van der Waals surface area contributed by atoms with Crippen LogP contribution in [0.1, 0.15) is 25.0 Å². The predicted molar refractivity (Wildman–Crippen MR) is 242 cm³/mol. The third-order valence-corrected chi connectivity index (χ3v) is 14.5. The summed E-state index contributed by atoms with van der Waals surface area (Å²) >= 11 is 3.80. The van der Waals surface area contributed by atoms with Crippen LogP contribution in [0.15, 0.2) is 202 Å². The Hall–Kier alpha value is -6.08. The van der Waals surface area contributed by atoms with Gasteiger partial charge in [-0.15, -0.1) is 0 Å². The van der Waals surface area contributed by atoms with Gasteiger partial charge in [-0.25, -0.2) is 0 Å². The first-order valence-electron chi connectivity index (χ1n) is 19.6. The Morgan fingerprint density at radius 2 is 1.11 bits per heavy atom. The minimum absolute atomic E-state index is 0.0531. The monoisotopic (exact) mass is 765 g/mol. The van der Waals surface area contributed by atoms with E-state index in [1.165, 1.54) is 81.2 Å². The van der Waals surface area contributed by atoms with Gasteiger partial charge in [0.15, 0.2) is 0 Å². The molecule has 0 saturated carbocycles. The number of hydrogen-bond donors (Lipinski definition) is 0. The van der Waals surface area contributed by atoms with Crippen molar-refractivity contribution in [2.45, 2.75) is 38.8 Å². The van der Waals surface area contributed by atoms with Crippen molar-refractivity contribution in [3.8, 4) is 11.1 Å². The number of nitrogens with zero attached hydrogens (tertiary/aromatic N) is 3. The number of hydrogen-bond acceptors (Lipinski definition) is 5. The van der Waals surface area contributed by atoms with Crippen LogP contribution in [-0.2, 0) is 5.41 Å². The summed E-state index contributed by atoms with van der Waals surface area (Å²) in [6.07, 6.45) is 0. The average Bonchev–Trinajstić information content (AvgIpc) is 3.25. The van der Waals surface area contributed by atoms with E-state index >= 15 is 0 Å². The van der Waals surface area contributed by atoms with Crippen LogP contribution in [0.2, 0.25) is 0 Å². The number of fused-ring (bicyclic) bond motifs is 8. The van der Waals surface area contributed by atoms with E-state index in [0.717, 1.165) is 17.1 Å². The summed E-state index contributed by atoms with van der Waals surface area (Å²) in [4.78, 5) is 12.9. The maximum absolute atomic E-state index is 2.65. The second kappa shape index (κ2) is 12.5. The van der Waals surface area contributed by atoms with Crippen molar-refractivity contribution >= 4 is 86.8 Å². The number of rotatable bonds is 4. The fourth-order valence-electron chi connectivity index (χ4n) is 9.68. The van der Waals surface area contributed by atoms with E-state index < -0.39 is 0 Å². The van der Waals surface area contributed by atoms with E-state index in [1.807, 2.05) is 23.5 Å². The second-order valence-corrected chi connectivity index (χ2v) is 17.9. The maximum atomic E-state index is 2.65. The summed E-state index contributed by atoms with van der Waals surface area (Å²) in [5.41, 5.74) is 17.3. The van der Waals surface area contributed by atoms with Gasteiger partial charge in [0.1, 0.15) is 0 Å². The van der Waals surface area contributed by atoms with E-state index in [2.05, 4.69) is 210 Å². The first-order valence-corrected chi connectivity index (χ1v) is 21.3. The lowest BCUT2D eigenvalue weighted by atomic mass is 9.43. The molecule has 4 heterocycles. The maximum Gasteiger partial charge on any atom is 0.333 e. The molecular weight excluding hydrogens is 730 g/mol. The third-order valence-electron chi connectivity index (χ3n) is 12.2. The molecule has 0 saturated heterocycles. The van der Waals surface area contributed by atoms with Gasteiger partial charge >= 0.3 is 6.85 Å². The van der Waals surface area contributed by atoms with Crippen LogP contribution in [0.5, 0.6) is 0 Å². The zero-order valence-corrected chi connectivity index (χ0v) is 33.2. The summed E-state index contributed by atoms with van der Waals surface area (Å²) < 4.78 is 0. The molecule has 0 spiro atoms. The highest BCUT2D eigenvalue weighted by atomic mass is 32.2. The largest absolute Gasteiger partial charge is 0.376 e. The van der Waals surface area contributed by atoms with Crippen molar-refractivity contribution in [3.05, 3.63) is 193 Å². The summed E-state index contributed by atoms with van der Waals surface area (Å²) in [5.74, 6) is 0. The van der Waals surface area contributed by atoms with Crippen LogP contribution in [-0.4, -0.2) is 6.85 Å². The minimum atomic E-state index is -0.172. The molecule has 0 amide bonds. The van der Waals surface area contributed by atoms with E-state index in [-0.39, 0.29) is 12.3 Å². The van der Waals surface area contributed by atoms with Gasteiger partial charge in [-0.2, -0.15) is 0 Å². The first kappa shape index (κ1) is 33.1. The van der Waals surface area contributed by atoms with Gasteiger partial charge in [0, 0.05) is 64.7 Å². The third kappa shape index (κ3) is 4.84. The number of para-hydroxylation sites is 5. The standard InChI is InChI=1S/C51H36BN3S2/c1-51(2)39-23-12-14-26-45(39)56-48-31-37-38-29-36(53(33-17-6-3-7-18-33)34-19-8-4-9-20-34)30-44-49(38)52(55(43(37)32-40(48)51)35-21-10-5-11-22-35)41-24-16-28-47-50(41)54(44)42-25-13-15-27-46(42)57-47/h3-32H,1-2H3. The SMILES string of the molecule is CC1(C)c2ccccc2Sc2cc3c(cc21)N(c1ccccc1)B1c2cccc4c2N(c2ccccc2S4)c2cc(N(c4ccccc4)c4ccccc4)cc-3c21. The minimum Gasteiger partial charge on any atom is -0.376 e. The zero-order chi connectivity index (χ0) is 37.8. The molecule has 4 aliphatic rings. The van der Waals surface area contributed by atoms with Gasteiger partial charge < -0.3 is 14.6 Å². The van der Waals surface area contributed by atoms with Gasteiger partial charge in [0.25, 0.3) is 0 Å². The molecule has 0 fully saturated rings. The van der Waals surface area contributed by atoms with Gasteiger partial charge in [-0.3, -0.25) is 0 Å². The van der Waals surface area contributed by atoms with E-state index in [9.17, 15) is 0 Å². The fourth-order valence-corrected chi connectivity index (χ4v) is 12.2. The lowest BCUT2D eigenvalue weighted by Crippen LogP contribution is -2.62. The number of anilines is 8. The van der Waals surface area contributed by atoms with Gasteiger partial charge in [-0.05, 0) is 113 Å². The van der Waals surface area contributed by atoms with E-state index in [1.54, 1.807) is 0 Å². The molecule has 0 atom stereocenters. The molecule has 6 heteroatoms. The second-order valence-electron chi connectivity index (χ2n) is 15.7. The highest BCUT2D eigenvalue weighted by Crippen LogP contribution is 2.58. The molecule has 0 bridgehead atoms. The molecule has 0 radical (unpaired) electrons. The van der Waals surface area contributed by atoms with Gasteiger partial charge in [0.05, 0.1) is 11.4 Å². The predicted octanol–water partition coefficient (Wildman–Crippen LogP) is 13.1. The van der Waals surface area contributed by atoms with Crippen LogP contribution >= 0.6 is 23.5 Å². The van der Waals surface area contributed by atoms with Crippen LogP contribution in [0, 0.1) is 0 Å². The molecule has 3 nitrogen and oxygen atoms in total. The summed E-state index contributed by atoms with van der Waals surface area (Å²) in [6, 6.07) is 67.5. The quantitative estimate of drug-likeness (QED) is 0.165.